The molecule has 1 fully saturated rings. The molecule has 0 aliphatic carbocycles. The number of rotatable bonds is 7. The van der Waals surface area contributed by atoms with Crippen molar-refractivity contribution in [2.45, 2.75) is 18.8 Å². The van der Waals surface area contributed by atoms with Crippen LogP contribution in [0.3, 0.4) is 0 Å². The maximum Gasteiger partial charge on any atom is 0.234 e. The largest absolute Gasteiger partial charge is 0.382 e. The van der Waals surface area contributed by atoms with Crippen LogP contribution in [0, 0.1) is 0 Å². The Labute approximate surface area is 149 Å². The Morgan fingerprint density at radius 2 is 2.04 bits per heavy atom. The second-order valence-corrected chi connectivity index (χ2v) is 6.50. The lowest BCUT2D eigenvalue weighted by atomic mass is 9.91. The Balaban J connectivity index is 1.37. The maximum absolute atomic E-state index is 12.2. The first-order valence-electron chi connectivity index (χ1n) is 8.99. The van der Waals surface area contributed by atoms with Gasteiger partial charge in [-0.1, -0.05) is 30.3 Å². The van der Waals surface area contributed by atoms with E-state index in [-0.39, 0.29) is 5.91 Å². The molecule has 5 nitrogen and oxygen atoms in total. The van der Waals surface area contributed by atoms with Crippen LogP contribution in [0.1, 0.15) is 24.3 Å². The third kappa shape index (κ3) is 5.57. The molecule has 1 aromatic carbocycles. The zero-order valence-electron chi connectivity index (χ0n) is 14.5. The molecule has 2 aromatic rings. The van der Waals surface area contributed by atoms with E-state index in [1.165, 1.54) is 12.0 Å². The third-order valence-electron chi connectivity index (χ3n) is 4.58. The van der Waals surface area contributed by atoms with Crippen molar-refractivity contribution in [3.8, 4) is 0 Å². The molecule has 1 unspecified atom stereocenters. The van der Waals surface area contributed by atoms with Crippen LogP contribution in [-0.2, 0) is 4.79 Å². The van der Waals surface area contributed by atoms with Crippen LogP contribution in [0.5, 0.6) is 0 Å². The van der Waals surface area contributed by atoms with Gasteiger partial charge in [0, 0.05) is 32.0 Å². The van der Waals surface area contributed by atoms with Crippen LogP contribution in [0.4, 0.5) is 5.69 Å². The van der Waals surface area contributed by atoms with Gasteiger partial charge in [0.25, 0.3) is 0 Å². The van der Waals surface area contributed by atoms with Crippen molar-refractivity contribution < 1.29 is 4.79 Å². The van der Waals surface area contributed by atoms with Crippen molar-refractivity contribution in [3.05, 3.63) is 60.4 Å². The summed E-state index contributed by atoms with van der Waals surface area (Å²) in [4.78, 5) is 18.5. The van der Waals surface area contributed by atoms with E-state index >= 15 is 0 Å². The molecule has 2 N–H and O–H groups in total. The highest BCUT2D eigenvalue weighted by molar-refractivity contribution is 5.78. The summed E-state index contributed by atoms with van der Waals surface area (Å²) in [5.74, 6) is 0.636. The quantitative estimate of drug-likeness (QED) is 0.762. The van der Waals surface area contributed by atoms with E-state index in [0.29, 0.717) is 25.6 Å². The molecular weight excluding hydrogens is 312 g/mol. The van der Waals surface area contributed by atoms with E-state index in [2.05, 4.69) is 50.8 Å². The molecule has 0 spiro atoms. The van der Waals surface area contributed by atoms with E-state index in [4.69, 9.17) is 0 Å². The van der Waals surface area contributed by atoms with Crippen LogP contribution >= 0.6 is 0 Å². The van der Waals surface area contributed by atoms with Crippen molar-refractivity contribution >= 4 is 11.6 Å². The van der Waals surface area contributed by atoms with Crippen molar-refractivity contribution in [1.29, 1.82) is 0 Å². The van der Waals surface area contributed by atoms with Gasteiger partial charge < -0.3 is 10.6 Å². The van der Waals surface area contributed by atoms with E-state index in [1.807, 2.05) is 12.1 Å². The SMILES string of the molecule is O=C(CN1CCCC(c2ccccc2)C1)NCCNc1cccnc1. The molecule has 132 valence electrons. The van der Waals surface area contributed by atoms with Crippen molar-refractivity contribution in [3.63, 3.8) is 0 Å². The molecule has 1 aliphatic rings. The molecule has 1 aromatic heterocycles. The Hall–Kier alpha value is -2.40. The van der Waals surface area contributed by atoms with Gasteiger partial charge in [-0.25, -0.2) is 0 Å². The zero-order valence-corrected chi connectivity index (χ0v) is 14.5. The highest BCUT2D eigenvalue weighted by Crippen LogP contribution is 2.26. The molecule has 1 aliphatic heterocycles. The number of pyridine rings is 1. The van der Waals surface area contributed by atoms with E-state index in [1.54, 1.807) is 12.4 Å². The molecule has 3 rings (SSSR count). The maximum atomic E-state index is 12.2. The second-order valence-electron chi connectivity index (χ2n) is 6.50. The van der Waals surface area contributed by atoms with Crippen LogP contribution in [-0.4, -0.2) is 48.5 Å². The van der Waals surface area contributed by atoms with Gasteiger partial charge in [0.15, 0.2) is 0 Å². The standard InChI is InChI=1S/C20H26N4O/c25-20(23-12-11-22-19-9-4-10-21-14-19)16-24-13-5-8-18(15-24)17-6-2-1-3-7-17/h1-4,6-7,9-10,14,18,22H,5,8,11-13,15-16H2,(H,23,25). The average Bonchev–Trinajstić information content (AvgIpc) is 2.67. The van der Waals surface area contributed by atoms with Gasteiger partial charge >= 0.3 is 0 Å². The first-order chi connectivity index (χ1) is 12.3. The fourth-order valence-corrected chi connectivity index (χ4v) is 3.33. The number of anilines is 1. The number of amides is 1. The summed E-state index contributed by atoms with van der Waals surface area (Å²) < 4.78 is 0. The van der Waals surface area contributed by atoms with Crippen molar-refractivity contribution in [2.75, 3.05) is 38.0 Å². The predicted molar refractivity (Wildman–Crippen MR) is 101 cm³/mol. The van der Waals surface area contributed by atoms with Gasteiger partial charge in [0.2, 0.25) is 5.91 Å². The Bertz CT molecular complexity index is 647. The number of hydrogen-bond donors (Lipinski definition) is 2. The molecule has 25 heavy (non-hydrogen) atoms. The molecule has 0 saturated carbocycles. The van der Waals surface area contributed by atoms with E-state index < -0.39 is 0 Å². The number of nitrogens with zero attached hydrogens (tertiary/aromatic N) is 2. The Kier molecular flexibility index (Phi) is 6.40. The lowest BCUT2D eigenvalue weighted by Crippen LogP contribution is -2.42. The summed E-state index contributed by atoms with van der Waals surface area (Å²) in [6, 6.07) is 14.5. The second kappa shape index (κ2) is 9.18. The lowest BCUT2D eigenvalue weighted by molar-refractivity contribution is -0.122. The highest BCUT2D eigenvalue weighted by Gasteiger charge is 2.22. The lowest BCUT2D eigenvalue weighted by Gasteiger charge is -2.32. The fourth-order valence-electron chi connectivity index (χ4n) is 3.33. The number of benzene rings is 1. The summed E-state index contributed by atoms with van der Waals surface area (Å²) in [7, 11) is 0. The van der Waals surface area contributed by atoms with Gasteiger partial charge in [-0.2, -0.15) is 0 Å². The van der Waals surface area contributed by atoms with Crippen LogP contribution in [0.25, 0.3) is 0 Å². The topological polar surface area (TPSA) is 57.3 Å². The molecule has 1 atom stereocenters. The monoisotopic (exact) mass is 338 g/mol. The molecule has 2 heterocycles. The number of piperidine rings is 1. The van der Waals surface area contributed by atoms with Crippen molar-refractivity contribution in [1.82, 2.24) is 15.2 Å². The summed E-state index contributed by atoms with van der Waals surface area (Å²) >= 11 is 0. The molecule has 0 bridgehead atoms. The van der Waals surface area contributed by atoms with Gasteiger partial charge in [-0.05, 0) is 43.0 Å². The molecule has 0 radical (unpaired) electrons. The first-order valence-corrected chi connectivity index (χ1v) is 8.99. The Morgan fingerprint density at radius 1 is 1.16 bits per heavy atom. The Morgan fingerprint density at radius 3 is 2.84 bits per heavy atom. The van der Waals surface area contributed by atoms with Crippen LogP contribution in [0.15, 0.2) is 54.9 Å². The number of aromatic nitrogens is 1. The minimum absolute atomic E-state index is 0.0988. The number of carbonyl (C=O) groups excluding carboxylic acids is 1. The van der Waals surface area contributed by atoms with Crippen molar-refractivity contribution in [2.24, 2.45) is 0 Å². The number of carbonyl (C=O) groups is 1. The molecule has 1 saturated heterocycles. The van der Waals surface area contributed by atoms with Gasteiger partial charge in [0.05, 0.1) is 12.2 Å². The number of nitrogens with one attached hydrogen (secondary N) is 2. The molecular formula is C20H26N4O. The van der Waals surface area contributed by atoms with Crippen LogP contribution < -0.4 is 10.6 Å². The number of likely N-dealkylation sites (tertiary alicyclic amines) is 1. The number of hydrogen-bond acceptors (Lipinski definition) is 4. The van der Waals surface area contributed by atoms with Gasteiger partial charge in [-0.15, -0.1) is 0 Å². The summed E-state index contributed by atoms with van der Waals surface area (Å²) in [6.07, 6.45) is 5.88. The fraction of sp³-hybridized carbons (Fsp3) is 0.400. The molecule has 1 amide bonds. The van der Waals surface area contributed by atoms with E-state index in [0.717, 1.165) is 25.2 Å². The minimum atomic E-state index is 0.0988. The summed E-state index contributed by atoms with van der Waals surface area (Å²) in [5.41, 5.74) is 2.35. The molecule has 5 heteroatoms. The van der Waals surface area contributed by atoms with Gasteiger partial charge in [-0.3, -0.25) is 14.7 Å². The van der Waals surface area contributed by atoms with E-state index in [9.17, 15) is 4.79 Å². The zero-order chi connectivity index (χ0) is 17.3. The smallest absolute Gasteiger partial charge is 0.234 e. The highest BCUT2D eigenvalue weighted by atomic mass is 16.2. The normalized spacial score (nSPS) is 17.8. The minimum Gasteiger partial charge on any atom is -0.382 e. The third-order valence-corrected chi connectivity index (χ3v) is 4.58. The van der Waals surface area contributed by atoms with Crippen LogP contribution in [0.2, 0.25) is 0 Å². The summed E-state index contributed by atoms with van der Waals surface area (Å²) in [5, 5.41) is 6.23. The average molecular weight is 338 g/mol. The van der Waals surface area contributed by atoms with Gasteiger partial charge in [0.1, 0.15) is 0 Å². The first kappa shape index (κ1) is 17.4. The predicted octanol–water partition coefficient (Wildman–Crippen LogP) is 2.49. The summed E-state index contributed by atoms with van der Waals surface area (Å²) in [6.45, 7) is 3.76.